The molecule has 8 heteroatoms. The van der Waals surface area contributed by atoms with Gasteiger partial charge in [-0.3, -0.25) is 9.78 Å². The summed E-state index contributed by atoms with van der Waals surface area (Å²) in [7, 11) is 0. The predicted molar refractivity (Wildman–Crippen MR) is 159 cm³/mol. The zero-order valence-corrected chi connectivity index (χ0v) is 22.5. The SMILES string of the molecule is O=C(CCN1C(=S)NC(c2ccccn2)C1c1ccc(-c2ccc(Cl)cc2)o1)Nc1cccc2ccccc12. The summed E-state index contributed by atoms with van der Waals surface area (Å²) in [4.78, 5) is 19.7. The number of nitrogens with zero attached hydrogens (tertiary/aromatic N) is 2. The van der Waals surface area contributed by atoms with Crippen LogP contribution in [0.2, 0.25) is 5.02 Å². The topological polar surface area (TPSA) is 70.4 Å². The van der Waals surface area contributed by atoms with Crippen LogP contribution in [0.25, 0.3) is 22.1 Å². The Labute approximate surface area is 236 Å². The number of rotatable bonds is 7. The maximum Gasteiger partial charge on any atom is 0.226 e. The summed E-state index contributed by atoms with van der Waals surface area (Å²) in [5.74, 6) is 1.38. The summed E-state index contributed by atoms with van der Waals surface area (Å²) >= 11 is 11.8. The van der Waals surface area contributed by atoms with Crippen molar-refractivity contribution in [2.24, 2.45) is 0 Å². The predicted octanol–water partition coefficient (Wildman–Crippen LogP) is 7.15. The lowest BCUT2D eigenvalue weighted by Gasteiger charge is -2.26. The number of pyridine rings is 1. The summed E-state index contributed by atoms with van der Waals surface area (Å²) in [5, 5.41) is 9.79. The van der Waals surface area contributed by atoms with Gasteiger partial charge in [0.2, 0.25) is 5.91 Å². The highest BCUT2D eigenvalue weighted by Gasteiger charge is 2.41. The van der Waals surface area contributed by atoms with E-state index in [9.17, 15) is 4.79 Å². The number of amides is 1. The van der Waals surface area contributed by atoms with Crippen LogP contribution in [-0.2, 0) is 4.79 Å². The fraction of sp³-hybridized carbons (Fsp3) is 0.129. The van der Waals surface area contributed by atoms with Crippen molar-refractivity contribution in [1.29, 1.82) is 0 Å². The molecule has 1 saturated heterocycles. The smallest absolute Gasteiger partial charge is 0.226 e. The molecule has 2 atom stereocenters. The molecule has 0 saturated carbocycles. The van der Waals surface area contributed by atoms with Gasteiger partial charge < -0.3 is 20.0 Å². The standard InChI is InChI=1S/C31H25ClN4O2S/c32-22-13-11-21(12-14-22)26-15-16-27(38-26)30-29(25-9-3-4-18-33-25)35-31(39)36(30)19-17-28(37)34-24-10-5-7-20-6-1-2-8-23(20)24/h1-16,18,29-30H,17,19H2,(H,34,37)(H,35,39). The first-order valence-electron chi connectivity index (χ1n) is 12.7. The summed E-state index contributed by atoms with van der Waals surface area (Å²) in [6.45, 7) is 0.410. The van der Waals surface area contributed by atoms with Crippen LogP contribution in [0.15, 0.2) is 108 Å². The van der Waals surface area contributed by atoms with E-state index in [4.69, 9.17) is 28.2 Å². The quantitative estimate of drug-likeness (QED) is 0.209. The molecular formula is C31H25ClN4O2S. The van der Waals surface area contributed by atoms with Gasteiger partial charge in [-0.15, -0.1) is 0 Å². The summed E-state index contributed by atoms with van der Waals surface area (Å²) < 4.78 is 6.36. The number of fused-ring (bicyclic) bond motifs is 1. The van der Waals surface area contributed by atoms with Gasteiger partial charge in [0.15, 0.2) is 5.11 Å². The lowest BCUT2D eigenvalue weighted by Crippen LogP contribution is -2.32. The number of hydrogen-bond donors (Lipinski definition) is 2. The van der Waals surface area contributed by atoms with Gasteiger partial charge in [-0.25, -0.2) is 0 Å². The first-order valence-corrected chi connectivity index (χ1v) is 13.5. The van der Waals surface area contributed by atoms with Crippen LogP contribution in [0, 0.1) is 0 Å². The van der Waals surface area contributed by atoms with Gasteiger partial charge in [0.05, 0.1) is 11.7 Å². The Hall–Kier alpha value is -4.20. The minimum Gasteiger partial charge on any atom is -0.459 e. The molecule has 1 amide bonds. The second kappa shape index (κ2) is 10.9. The minimum atomic E-state index is -0.279. The van der Waals surface area contributed by atoms with Gasteiger partial charge in [-0.2, -0.15) is 0 Å². The number of carbonyl (C=O) groups excluding carboxylic acids is 1. The number of halogens is 1. The third-order valence-electron chi connectivity index (χ3n) is 6.89. The summed E-state index contributed by atoms with van der Waals surface area (Å²) in [6.07, 6.45) is 2.01. The van der Waals surface area contributed by atoms with Gasteiger partial charge in [-0.05, 0) is 72.2 Å². The molecule has 5 aromatic rings. The van der Waals surface area contributed by atoms with Gasteiger partial charge >= 0.3 is 0 Å². The van der Waals surface area contributed by atoms with Crippen molar-refractivity contribution in [3.8, 4) is 11.3 Å². The van der Waals surface area contributed by atoms with Crippen molar-refractivity contribution < 1.29 is 9.21 Å². The molecule has 0 aliphatic carbocycles. The fourth-order valence-electron chi connectivity index (χ4n) is 5.01. The highest BCUT2D eigenvalue weighted by atomic mass is 35.5. The highest BCUT2D eigenvalue weighted by molar-refractivity contribution is 7.80. The number of nitrogens with one attached hydrogen (secondary N) is 2. The van der Waals surface area contributed by atoms with E-state index >= 15 is 0 Å². The van der Waals surface area contributed by atoms with Gasteiger partial charge in [0, 0.05) is 40.8 Å². The second-order valence-electron chi connectivity index (χ2n) is 9.35. The number of hydrogen-bond acceptors (Lipinski definition) is 4. The monoisotopic (exact) mass is 552 g/mol. The molecule has 0 radical (unpaired) electrons. The zero-order chi connectivity index (χ0) is 26.8. The van der Waals surface area contributed by atoms with Gasteiger partial charge in [0.25, 0.3) is 0 Å². The Morgan fingerprint density at radius 3 is 2.59 bits per heavy atom. The minimum absolute atomic E-state index is 0.0875. The number of thiocarbonyl (C=S) groups is 1. The van der Waals surface area contributed by atoms with Crippen molar-refractivity contribution in [2.75, 3.05) is 11.9 Å². The van der Waals surface area contributed by atoms with E-state index in [-0.39, 0.29) is 24.4 Å². The largest absolute Gasteiger partial charge is 0.459 e. The molecule has 39 heavy (non-hydrogen) atoms. The molecule has 6 nitrogen and oxygen atoms in total. The third kappa shape index (κ3) is 5.24. The van der Waals surface area contributed by atoms with E-state index in [1.165, 1.54) is 0 Å². The second-order valence-corrected chi connectivity index (χ2v) is 10.2. The van der Waals surface area contributed by atoms with E-state index in [0.717, 1.165) is 39.2 Å². The van der Waals surface area contributed by atoms with Crippen LogP contribution in [0.4, 0.5) is 5.69 Å². The van der Waals surface area contributed by atoms with Gasteiger partial charge in [0.1, 0.15) is 17.6 Å². The lowest BCUT2D eigenvalue weighted by molar-refractivity contribution is -0.116. The molecule has 6 rings (SSSR count). The Balaban J connectivity index is 1.25. The Kier molecular flexibility index (Phi) is 7.00. The Morgan fingerprint density at radius 1 is 0.974 bits per heavy atom. The summed E-state index contributed by atoms with van der Waals surface area (Å²) in [6, 6.07) is 30.6. The van der Waals surface area contributed by atoms with Gasteiger partial charge in [-0.1, -0.05) is 54.1 Å². The normalized spacial score (nSPS) is 16.8. The van der Waals surface area contributed by atoms with E-state index in [0.29, 0.717) is 16.7 Å². The van der Waals surface area contributed by atoms with Crippen molar-refractivity contribution in [3.63, 3.8) is 0 Å². The average Bonchev–Trinajstić information content (AvgIpc) is 3.57. The number of aromatic nitrogens is 1. The molecule has 2 aromatic heterocycles. The molecule has 1 aliphatic heterocycles. The van der Waals surface area contributed by atoms with E-state index < -0.39 is 0 Å². The maximum atomic E-state index is 13.1. The van der Waals surface area contributed by atoms with Crippen molar-refractivity contribution >= 4 is 51.3 Å². The van der Waals surface area contributed by atoms with Crippen LogP contribution in [0.5, 0.6) is 0 Å². The molecule has 2 unspecified atom stereocenters. The molecule has 2 N–H and O–H groups in total. The molecule has 3 aromatic carbocycles. The van der Waals surface area contributed by atoms with Crippen molar-refractivity contribution in [1.82, 2.24) is 15.2 Å². The Morgan fingerprint density at radius 2 is 1.77 bits per heavy atom. The molecule has 1 aliphatic rings. The summed E-state index contributed by atoms with van der Waals surface area (Å²) in [5.41, 5.74) is 2.56. The first kappa shape index (κ1) is 25.1. The average molecular weight is 553 g/mol. The molecular weight excluding hydrogens is 528 g/mol. The van der Waals surface area contributed by atoms with Crippen LogP contribution >= 0.6 is 23.8 Å². The number of furan rings is 1. The number of anilines is 1. The maximum absolute atomic E-state index is 13.1. The molecule has 0 spiro atoms. The van der Waals surface area contributed by atoms with Crippen LogP contribution in [-0.4, -0.2) is 27.4 Å². The van der Waals surface area contributed by atoms with E-state index in [2.05, 4.69) is 15.6 Å². The Bertz CT molecular complexity index is 1630. The fourth-order valence-corrected chi connectivity index (χ4v) is 5.46. The zero-order valence-electron chi connectivity index (χ0n) is 20.9. The van der Waals surface area contributed by atoms with E-state index in [1.54, 1.807) is 6.20 Å². The first-order chi connectivity index (χ1) is 19.1. The van der Waals surface area contributed by atoms with Crippen molar-refractivity contribution in [3.05, 3.63) is 120 Å². The lowest BCUT2D eigenvalue weighted by atomic mass is 10.0. The van der Waals surface area contributed by atoms with E-state index in [1.807, 2.05) is 102 Å². The van der Waals surface area contributed by atoms with Crippen molar-refractivity contribution in [2.45, 2.75) is 18.5 Å². The number of benzene rings is 3. The molecule has 3 heterocycles. The third-order valence-corrected chi connectivity index (χ3v) is 7.49. The number of carbonyl (C=O) groups is 1. The van der Waals surface area contributed by atoms with Crippen LogP contribution < -0.4 is 10.6 Å². The highest BCUT2D eigenvalue weighted by Crippen LogP contribution is 2.40. The molecule has 194 valence electrons. The molecule has 1 fully saturated rings. The van der Waals surface area contributed by atoms with Crippen LogP contribution in [0.3, 0.4) is 0 Å². The van der Waals surface area contributed by atoms with Crippen LogP contribution in [0.1, 0.15) is 30.0 Å². The molecule has 0 bridgehead atoms.